The van der Waals surface area contributed by atoms with E-state index in [4.69, 9.17) is 10.5 Å². The van der Waals surface area contributed by atoms with Crippen LogP contribution in [0.5, 0.6) is 5.75 Å². The first kappa shape index (κ1) is 11.4. The second-order valence-corrected chi connectivity index (χ2v) is 4.41. The van der Waals surface area contributed by atoms with Crippen molar-refractivity contribution >= 4 is 0 Å². The summed E-state index contributed by atoms with van der Waals surface area (Å²) in [4.78, 5) is 0. The first-order valence-electron chi connectivity index (χ1n) is 5.92. The molecule has 0 fully saturated rings. The summed E-state index contributed by atoms with van der Waals surface area (Å²) in [5, 5.41) is 0. The first-order valence-corrected chi connectivity index (χ1v) is 5.92. The highest BCUT2D eigenvalue weighted by Gasteiger charge is 2.25. The molecule has 0 aliphatic carbocycles. The lowest BCUT2D eigenvalue weighted by Crippen LogP contribution is -2.29. The maximum Gasteiger partial charge on any atom is 0.124 e. The zero-order valence-electron chi connectivity index (χ0n) is 9.58. The maximum atomic E-state index is 13.1. The Morgan fingerprint density at radius 1 is 1.50 bits per heavy atom. The Hall–Kier alpha value is -1.09. The van der Waals surface area contributed by atoms with Gasteiger partial charge in [-0.2, -0.15) is 0 Å². The lowest BCUT2D eigenvalue weighted by Gasteiger charge is -2.30. The molecule has 2 N–H and O–H groups in total. The highest BCUT2D eigenvalue weighted by molar-refractivity contribution is 5.38. The van der Waals surface area contributed by atoms with Crippen LogP contribution in [0.15, 0.2) is 18.2 Å². The standard InChI is InChI=1S/C13H18FNO/c1-2-3-4-10-8-12(15)11-7-9(14)5-6-13(11)16-10/h5-7,10,12H,2-4,8,15H2,1H3/t10?,12-/m0/s1. The Labute approximate surface area is 95.6 Å². The average Bonchev–Trinajstić information content (AvgIpc) is 2.27. The molecular weight excluding hydrogens is 205 g/mol. The third-order valence-electron chi connectivity index (χ3n) is 3.06. The van der Waals surface area contributed by atoms with Crippen LogP contribution in [0.3, 0.4) is 0 Å². The second kappa shape index (κ2) is 4.83. The van der Waals surface area contributed by atoms with Gasteiger partial charge in [-0.15, -0.1) is 0 Å². The molecule has 2 atom stereocenters. The minimum absolute atomic E-state index is 0.0960. The Kier molecular flexibility index (Phi) is 3.44. The van der Waals surface area contributed by atoms with E-state index in [1.54, 1.807) is 6.07 Å². The van der Waals surface area contributed by atoms with E-state index >= 15 is 0 Å². The summed E-state index contributed by atoms with van der Waals surface area (Å²) in [7, 11) is 0. The number of benzene rings is 1. The maximum absolute atomic E-state index is 13.1. The van der Waals surface area contributed by atoms with Gasteiger partial charge in [-0.1, -0.05) is 19.8 Å². The van der Waals surface area contributed by atoms with Crippen molar-refractivity contribution in [2.24, 2.45) is 5.73 Å². The second-order valence-electron chi connectivity index (χ2n) is 4.41. The number of halogens is 1. The molecule has 1 aromatic carbocycles. The number of nitrogens with two attached hydrogens (primary N) is 1. The molecule has 2 rings (SSSR count). The topological polar surface area (TPSA) is 35.2 Å². The number of hydrogen-bond acceptors (Lipinski definition) is 2. The Morgan fingerprint density at radius 3 is 3.06 bits per heavy atom. The molecule has 1 aliphatic heterocycles. The number of unbranched alkanes of at least 4 members (excludes halogenated alkanes) is 1. The van der Waals surface area contributed by atoms with Gasteiger partial charge >= 0.3 is 0 Å². The van der Waals surface area contributed by atoms with E-state index in [1.807, 2.05) is 0 Å². The van der Waals surface area contributed by atoms with E-state index in [0.717, 1.165) is 37.0 Å². The monoisotopic (exact) mass is 223 g/mol. The van der Waals surface area contributed by atoms with Crippen LogP contribution in [0.1, 0.15) is 44.2 Å². The van der Waals surface area contributed by atoms with Crippen LogP contribution in [-0.2, 0) is 0 Å². The average molecular weight is 223 g/mol. The number of ether oxygens (including phenoxy) is 1. The summed E-state index contributed by atoms with van der Waals surface area (Å²) in [6, 6.07) is 4.49. The van der Waals surface area contributed by atoms with Gasteiger partial charge in [0.15, 0.2) is 0 Å². The van der Waals surface area contributed by atoms with Gasteiger partial charge in [-0.25, -0.2) is 4.39 Å². The summed E-state index contributed by atoms with van der Waals surface area (Å²) in [6.07, 6.45) is 4.31. The number of hydrogen-bond donors (Lipinski definition) is 1. The molecule has 1 aromatic rings. The molecule has 1 unspecified atom stereocenters. The summed E-state index contributed by atoms with van der Waals surface area (Å²) in [6.45, 7) is 2.16. The van der Waals surface area contributed by atoms with Gasteiger partial charge < -0.3 is 10.5 Å². The molecule has 0 radical (unpaired) electrons. The fourth-order valence-electron chi connectivity index (χ4n) is 2.16. The van der Waals surface area contributed by atoms with Crippen LogP contribution >= 0.6 is 0 Å². The van der Waals surface area contributed by atoms with Gasteiger partial charge in [0.25, 0.3) is 0 Å². The Bertz CT molecular complexity index is 367. The van der Waals surface area contributed by atoms with Crippen LogP contribution < -0.4 is 10.5 Å². The minimum Gasteiger partial charge on any atom is -0.490 e. The number of fused-ring (bicyclic) bond motifs is 1. The molecule has 88 valence electrons. The zero-order chi connectivity index (χ0) is 11.5. The van der Waals surface area contributed by atoms with Crippen LogP contribution in [0, 0.1) is 5.82 Å². The molecular formula is C13H18FNO. The van der Waals surface area contributed by atoms with Crippen molar-refractivity contribution in [1.29, 1.82) is 0 Å². The third-order valence-corrected chi connectivity index (χ3v) is 3.06. The van der Waals surface area contributed by atoms with E-state index in [-0.39, 0.29) is 18.0 Å². The SMILES string of the molecule is CCCCC1C[C@H](N)c2cc(F)ccc2O1. The summed E-state index contributed by atoms with van der Waals surface area (Å²) in [5.41, 5.74) is 6.83. The molecule has 0 amide bonds. The highest BCUT2D eigenvalue weighted by Crippen LogP contribution is 2.35. The van der Waals surface area contributed by atoms with E-state index in [1.165, 1.54) is 12.1 Å². The molecule has 0 spiro atoms. The van der Waals surface area contributed by atoms with Gasteiger partial charge in [0.05, 0.1) is 0 Å². The minimum atomic E-state index is -0.246. The smallest absolute Gasteiger partial charge is 0.124 e. The summed E-state index contributed by atoms with van der Waals surface area (Å²) >= 11 is 0. The largest absolute Gasteiger partial charge is 0.490 e. The molecule has 0 aromatic heterocycles. The summed E-state index contributed by atoms with van der Waals surface area (Å²) < 4.78 is 18.9. The van der Waals surface area contributed by atoms with E-state index in [9.17, 15) is 4.39 Å². The Balaban J connectivity index is 2.13. The van der Waals surface area contributed by atoms with Crippen LogP contribution in [0.4, 0.5) is 4.39 Å². The molecule has 3 heteroatoms. The van der Waals surface area contributed by atoms with E-state index < -0.39 is 0 Å². The van der Waals surface area contributed by atoms with E-state index in [2.05, 4.69) is 6.92 Å². The normalized spacial score (nSPS) is 23.7. The van der Waals surface area contributed by atoms with Gasteiger partial charge in [-0.05, 0) is 24.6 Å². The van der Waals surface area contributed by atoms with Crippen LogP contribution in [0.25, 0.3) is 0 Å². The van der Waals surface area contributed by atoms with Gasteiger partial charge in [0, 0.05) is 18.0 Å². The highest BCUT2D eigenvalue weighted by atomic mass is 19.1. The van der Waals surface area contributed by atoms with Crippen molar-refractivity contribution in [2.45, 2.75) is 44.8 Å². The lowest BCUT2D eigenvalue weighted by molar-refractivity contribution is 0.147. The lowest BCUT2D eigenvalue weighted by atomic mass is 9.95. The first-order chi connectivity index (χ1) is 7.70. The van der Waals surface area contributed by atoms with Crippen molar-refractivity contribution in [3.63, 3.8) is 0 Å². The van der Waals surface area contributed by atoms with Crippen LogP contribution in [-0.4, -0.2) is 6.10 Å². The molecule has 16 heavy (non-hydrogen) atoms. The van der Waals surface area contributed by atoms with Crippen molar-refractivity contribution < 1.29 is 9.13 Å². The van der Waals surface area contributed by atoms with Crippen molar-refractivity contribution in [2.75, 3.05) is 0 Å². The molecule has 0 bridgehead atoms. The van der Waals surface area contributed by atoms with Crippen molar-refractivity contribution in [3.8, 4) is 5.75 Å². The fraction of sp³-hybridized carbons (Fsp3) is 0.538. The zero-order valence-corrected chi connectivity index (χ0v) is 9.58. The molecule has 1 aliphatic rings. The molecule has 0 saturated carbocycles. The predicted molar refractivity (Wildman–Crippen MR) is 61.9 cm³/mol. The number of rotatable bonds is 3. The molecule has 2 nitrogen and oxygen atoms in total. The fourth-order valence-corrected chi connectivity index (χ4v) is 2.16. The molecule has 1 heterocycles. The van der Waals surface area contributed by atoms with Crippen LogP contribution in [0.2, 0.25) is 0 Å². The molecule has 0 saturated heterocycles. The van der Waals surface area contributed by atoms with Gasteiger partial charge in [0.2, 0.25) is 0 Å². The van der Waals surface area contributed by atoms with Gasteiger partial charge in [-0.3, -0.25) is 0 Å². The third kappa shape index (κ3) is 2.35. The predicted octanol–water partition coefficient (Wildman–Crippen LogP) is 3.17. The van der Waals surface area contributed by atoms with E-state index in [0.29, 0.717) is 0 Å². The van der Waals surface area contributed by atoms with Crippen molar-refractivity contribution in [3.05, 3.63) is 29.6 Å². The van der Waals surface area contributed by atoms with Crippen molar-refractivity contribution in [1.82, 2.24) is 0 Å². The quantitative estimate of drug-likeness (QED) is 0.854. The van der Waals surface area contributed by atoms with Gasteiger partial charge in [0.1, 0.15) is 17.7 Å². The Morgan fingerprint density at radius 2 is 2.31 bits per heavy atom. The summed E-state index contributed by atoms with van der Waals surface area (Å²) in [5.74, 6) is 0.506.